The average Bonchev–Trinajstić information content (AvgIpc) is 2.96. The molecule has 0 bridgehead atoms. The Kier molecular flexibility index (Phi) is 6.35. The van der Waals surface area contributed by atoms with Crippen molar-refractivity contribution in [3.8, 4) is 17.6 Å². The molecule has 2 amide bonds. The summed E-state index contributed by atoms with van der Waals surface area (Å²) in [5.41, 5.74) is 1.90. The molecule has 7 heteroatoms. The Bertz CT molecular complexity index is 930. The third-order valence-corrected chi connectivity index (χ3v) is 4.87. The molecule has 0 atom stereocenters. The van der Waals surface area contributed by atoms with Gasteiger partial charge in [0, 0.05) is 0 Å². The van der Waals surface area contributed by atoms with Crippen LogP contribution in [0.3, 0.4) is 0 Å². The molecular formula is C21H18N2O4S. The number of thioether (sulfide) groups is 1. The summed E-state index contributed by atoms with van der Waals surface area (Å²) in [6.07, 6.45) is 1.67. The van der Waals surface area contributed by atoms with Gasteiger partial charge in [0.05, 0.1) is 11.4 Å². The summed E-state index contributed by atoms with van der Waals surface area (Å²) in [6, 6.07) is 16.4. The standard InChI is InChI=1S/C21H18N2O4S/c1-15-2-6-17(7-3-15)27-13-11-23-20(24)19(28-21(23)25)14-16-4-8-18(9-5-16)26-12-10-22/h2-9,14H,11-13H2,1H3/b19-14-. The molecular weight excluding hydrogens is 376 g/mol. The monoisotopic (exact) mass is 394 g/mol. The minimum absolute atomic E-state index is 0.0249. The van der Waals surface area contributed by atoms with Crippen LogP contribution in [-0.2, 0) is 4.79 Å². The SMILES string of the molecule is Cc1ccc(OCCN2C(=O)S/C(=C\c3ccc(OCC#N)cc3)C2=O)cc1. The molecule has 2 aromatic carbocycles. The lowest BCUT2D eigenvalue weighted by atomic mass is 10.2. The summed E-state index contributed by atoms with van der Waals surface area (Å²) >= 11 is 0.912. The van der Waals surface area contributed by atoms with Gasteiger partial charge in [0.15, 0.2) is 6.61 Å². The van der Waals surface area contributed by atoms with Gasteiger partial charge in [-0.2, -0.15) is 5.26 Å². The number of benzene rings is 2. The number of rotatable bonds is 7. The lowest BCUT2D eigenvalue weighted by molar-refractivity contribution is -0.123. The lowest BCUT2D eigenvalue weighted by Crippen LogP contribution is -2.32. The maximum Gasteiger partial charge on any atom is 0.293 e. The van der Waals surface area contributed by atoms with Crippen LogP contribution in [0.5, 0.6) is 11.5 Å². The molecule has 0 radical (unpaired) electrons. The van der Waals surface area contributed by atoms with Gasteiger partial charge in [0.1, 0.15) is 24.2 Å². The molecule has 0 N–H and O–H groups in total. The van der Waals surface area contributed by atoms with Crippen molar-refractivity contribution in [3.63, 3.8) is 0 Å². The highest BCUT2D eigenvalue weighted by Crippen LogP contribution is 2.32. The highest BCUT2D eigenvalue weighted by molar-refractivity contribution is 8.18. The molecule has 0 spiro atoms. The van der Waals surface area contributed by atoms with Crippen molar-refractivity contribution < 1.29 is 19.1 Å². The van der Waals surface area contributed by atoms with E-state index in [4.69, 9.17) is 14.7 Å². The zero-order valence-electron chi connectivity index (χ0n) is 15.3. The summed E-state index contributed by atoms with van der Waals surface area (Å²) in [6.45, 7) is 2.39. The van der Waals surface area contributed by atoms with Crippen LogP contribution < -0.4 is 9.47 Å². The van der Waals surface area contributed by atoms with Gasteiger partial charge < -0.3 is 9.47 Å². The number of nitriles is 1. The average molecular weight is 394 g/mol. The molecule has 0 aromatic heterocycles. The van der Waals surface area contributed by atoms with E-state index < -0.39 is 0 Å². The predicted octanol–water partition coefficient (Wildman–Crippen LogP) is 4.01. The van der Waals surface area contributed by atoms with E-state index in [1.807, 2.05) is 37.3 Å². The molecule has 1 saturated heterocycles. The van der Waals surface area contributed by atoms with E-state index in [-0.39, 0.29) is 30.9 Å². The smallest absolute Gasteiger partial charge is 0.293 e. The van der Waals surface area contributed by atoms with E-state index >= 15 is 0 Å². The normalized spacial score (nSPS) is 15.0. The molecule has 2 aromatic rings. The molecule has 1 heterocycles. The van der Waals surface area contributed by atoms with Gasteiger partial charge in [-0.3, -0.25) is 14.5 Å². The van der Waals surface area contributed by atoms with E-state index in [0.717, 1.165) is 22.9 Å². The minimum atomic E-state index is -0.327. The summed E-state index contributed by atoms with van der Waals surface area (Å²) < 4.78 is 10.8. The number of nitrogens with zero attached hydrogens (tertiary/aromatic N) is 2. The van der Waals surface area contributed by atoms with Crippen LogP contribution in [0.4, 0.5) is 4.79 Å². The maximum atomic E-state index is 12.5. The predicted molar refractivity (Wildman–Crippen MR) is 107 cm³/mol. The van der Waals surface area contributed by atoms with Crippen molar-refractivity contribution in [1.29, 1.82) is 5.26 Å². The second kappa shape index (κ2) is 9.11. The third kappa shape index (κ3) is 4.93. The second-order valence-corrected chi connectivity index (χ2v) is 7.00. The van der Waals surface area contributed by atoms with Crippen molar-refractivity contribution >= 4 is 29.0 Å². The number of imide groups is 1. The topological polar surface area (TPSA) is 79.6 Å². The van der Waals surface area contributed by atoms with Gasteiger partial charge in [-0.05, 0) is 54.6 Å². The molecule has 1 aliphatic heterocycles. The molecule has 3 rings (SSSR count). The molecule has 1 fully saturated rings. The van der Waals surface area contributed by atoms with Crippen molar-refractivity contribution in [1.82, 2.24) is 4.90 Å². The van der Waals surface area contributed by atoms with E-state index in [1.54, 1.807) is 30.3 Å². The second-order valence-electron chi connectivity index (χ2n) is 6.01. The van der Waals surface area contributed by atoms with Gasteiger partial charge in [-0.1, -0.05) is 29.8 Å². The van der Waals surface area contributed by atoms with Crippen LogP contribution in [0.15, 0.2) is 53.4 Å². The summed E-state index contributed by atoms with van der Waals surface area (Å²) in [5.74, 6) is 0.944. The van der Waals surface area contributed by atoms with E-state index in [9.17, 15) is 9.59 Å². The number of ether oxygens (including phenoxy) is 2. The Balaban J connectivity index is 1.58. The molecule has 0 saturated carbocycles. The van der Waals surface area contributed by atoms with Gasteiger partial charge in [0.25, 0.3) is 11.1 Å². The highest BCUT2D eigenvalue weighted by atomic mass is 32.2. The van der Waals surface area contributed by atoms with E-state index in [1.165, 1.54) is 4.90 Å². The fourth-order valence-corrected chi connectivity index (χ4v) is 3.37. The lowest BCUT2D eigenvalue weighted by Gasteiger charge is -2.13. The first-order valence-corrected chi connectivity index (χ1v) is 9.43. The van der Waals surface area contributed by atoms with Crippen LogP contribution in [0.2, 0.25) is 0 Å². The number of hydrogen-bond acceptors (Lipinski definition) is 6. The Hall–Kier alpha value is -3.24. The van der Waals surface area contributed by atoms with Crippen LogP contribution >= 0.6 is 11.8 Å². The molecule has 1 aliphatic rings. The Morgan fingerprint density at radius 1 is 1.04 bits per heavy atom. The number of amides is 2. The highest BCUT2D eigenvalue weighted by Gasteiger charge is 2.34. The van der Waals surface area contributed by atoms with Crippen molar-refractivity contribution in [2.24, 2.45) is 0 Å². The van der Waals surface area contributed by atoms with E-state index in [2.05, 4.69) is 0 Å². The molecule has 0 aliphatic carbocycles. The quantitative estimate of drug-likeness (QED) is 0.660. The first kappa shape index (κ1) is 19.5. The zero-order valence-corrected chi connectivity index (χ0v) is 16.1. The maximum absolute atomic E-state index is 12.5. The van der Waals surface area contributed by atoms with Crippen LogP contribution in [-0.4, -0.2) is 35.8 Å². The van der Waals surface area contributed by atoms with Crippen LogP contribution in [0, 0.1) is 18.3 Å². The Labute approximate surface area is 167 Å². The van der Waals surface area contributed by atoms with Gasteiger partial charge >= 0.3 is 0 Å². The van der Waals surface area contributed by atoms with Gasteiger partial charge in [0.2, 0.25) is 0 Å². The fourth-order valence-electron chi connectivity index (χ4n) is 2.51. The Morgan fingerprint density at radius 3 is 2.36 bits per heavy atom. The number of carbonyl (C=O) groups is 2. The van der Waals surface area contributed by atoms with Crippen molar-refractivity contribution in [3.05, 3.63) is 64.6 Å². The van der Waals surface area contributed by atoms with Crippen LogP contribution in [0.1, 0.15) is 11.1 Å². The largest absolute Gasteiger partial charge is 0.492 e. The molecule has 6 nitrogen and oxygen atoms in total. The van der Waals surface area contributed by atoms with Gasteiger partial charge in [-0.25, -0.2) is 0 Å². The summed E-state index contributed by atoms with van der Waals surface area (Å²) in [7, 11) is 0. The minimum Gasteiger partial charge on any atom is -0.492 e. The molecule has 28 heavy (non-hydrogen) atoms. The molecule has 0 unspecified atom stereocenters. The molecule has 142 valence electrons. The first-order valence-electron chi connectivity index (χ1n) is 8.61. The van der Waals surface area contributed by atoms with Crippen LogP contribution in [0.25, 0.3) is 6.08 Å². The zero-order chi connectivity index (χ0) is 19.9. The number of aryl methyl sites for hydroxylation is 1. The third-order valence-electron chi connectivity index (χ3n) is 3.96. The number of hydrogen-bond donors (Lipinski definition) is 0. The van der Waals surface area contributed by atoms with Crippen molar-refractivity contribution in [2.45, 2.75) is 6.92 Å². The number of carbonyl (C=O) groups excluding carboxylic acids is 2. The first-order chi connectivity index (χ1) is 13.6. The fraction of sp³-hybridized carbons (Fsp3) is 0.190. The van der Waals surface area contributed by atoms with E-state index in [0.29, 0.717) is 16.4 Å². The Morgan fingerprint density at radius 2 is 1.68 bits per heavy atom. The van der Waals surface area contributed by atoms with Crippen molar-refractivity contribution in [2.75, 3.05) is 19.8 Å². The van der Waals surface area contributed by atoms with Gasteiger partial charge in [-0.15, -0.1) is 0 Å². The summed E-state index contributed by atoms with van der Waals surface area (Å²) in [5, 5.41) is 8.21. The summed E-state index contributed by atoms with van der Waals surface area (Å²) in [4.78, 5) is 26.2.